The molecule has 1 fully saturated rings. The second-order valence-electron chi connectivity index (χ2n) is 12.3. The molecule has 8 heteroatoms. The van der Waals surface area contributed by atoms with Crippen molar-refractivity contribution in [3.05, 3.63) is 137 Å². The van der Waals surface area contributed by atoms with Crippen LogP contribution in [0.15, 0.2) is 103 Å². The highest BCUT2D eigenvalue weighted by atomic mass is 16.5. The highest BCUT2D eigenvalue weighted by Gasteiger charge is 2.61. The first-order valence-corrected chi connectivity index (χ1v) is 16.0. The van der Waals surface area contributed by atoms with E-state index >= 15 is 0 Å². The van der Waals surface area contributed by atoms with Gasteiger partial charge in [0.05, 0.1) is 17.4 Å². The summed E-state index contributed by atoms with van der Waals surface area (Å²) in [4.78, 5) is 65.9. The predicted octanol–water partition coefficient (Wildman–Crippen LogP) is 6.08. The fourth-order valence-electron chi connectivity index (χ4n) is 7.43. The van der Waals surface area contributed by atoms with Gasteiger partial charge in [0, 0.05) is 30.4 Å². The lowest BCUT2D eigenvalue weighted by molar-refractivity contribution is -0.143. The molecule has 2 amide bonds. The van der Waals surface area contributed by atoms with Gasteiger partial charge in [-0.05, 0) is 71.5 Å². The van der Waals surface area contributed by atoms with Gasteiger partial charge in [0.25, 0.3) is 0 Å². The molecule has 2 bridgehead atoms. The van der Waals surface area contributed by atoms with Gasteiger partial charge in [0.1, 0.15) is 5.75 Å². The quantitative estimate of drug-likeness (QED) is 0.0652. The molecule has 236 valence electrons. The first-order valence-electron chi connectivity index (χ1n) is 16.0. The summed E-state index contributed by atoms with van der Waals surface area (Å²) >= 11 is 0. The largest absolute Gasteiger partial charge is 0.457 e. The summed E-state index contributed by atoms with van der Waals surface area (Å²) in [5, 5.41) is 0. The number of ketones is 1. The van der Waals surface area contributed by atoms with E-state index in [0.29, 0.717) is 42.7 Å². The smallest absolute Gasteiger partial charge is 0.343 e. The van der Waals surface area contributed by atoms with E-state index in [0.717, 1.165) is 22.3 Å². The summed E-state index contributed by atoms with van der Waals surface area (Å²) in [6, 6.07) is 31.0. The van der Waals surface area contributed by atoms with Crippen molar-refractivity contribution in [1.82, 2.24) is 4.90 Å². The molecule has 2 unspecified atom stereocenters. The van der Waals surface area contributed by atoms with E-state index in [9.17, 15) is 24.0 Å². The summed E-state index contributed by atoms with van der Waals surface area (Å²) in [6.45, 7) is -0.0738. The molecule has 1 aliphatic heterocycles. The van der Waals surface area contributed by atoms with Gasteiger partial charge in [-0.2, -0.15) is 0 Å². The van der Waals surface area contributed by atoms with Crippen LogP contribution < -0.4 is 4.74 Å². The Bertz CT molecular complexity index is 1750. The van der Waals surface area contributed by atoms with E-state index in [1.54, 1.807) is 30.3 Å². The van der Waals surface area contributed by atoms with E-state index in [4.69, 9.17) is 9.47 Å². The van der Waals surface area contributed by atoms with Crippen LogP contribution in [-0.4, -0.2) is 47.6 Å². The Balaban J connectivity index is 0.864. The SMILES string of the molecule is O=C(CCCCCN1C(=O)C2C3c4ccccc4C(c4ccccc43)C2C1=O)OCC(=O)c1ccc(OC(=O)c2ccccc2)cc1. The minimum atomic E-state index is -0.501. The summed E-state index contributed by atoms with van der Waals surface area (Å²) in [6.07, 6.45) is 1.86. The number of Topliss-reactive ketones (excluding diaryl/α,β-unsaturated/α-hetero) is 1. The predicted molar refractivity (Wildman–Crippen MR) is 172 cm³/mol. The van der Waals surface area contributed by atoms with Crippen LogP contribution in [0, 0.1) is 11.8 Å². The molecule has 3 aliphatic carbocycles. The normalized spacial score (nSPS) is 20.3. The number of esters is 2. The van der Waals surface area contributed by atoms with Crippen LogP contribution >= 0.6 is 0 Å². The minimum absolute atomic E-state index is 0.0979. The lowest BCUT2D eigenvalue weighted by Gasteiger charge is -2.45. The maximum Gasteiger partial charge on any atom is 0.343 e. The summed E-state index contributed by atoms with van der Waals surface area (Å²) in [5.74, 6) is -2.26. The van der Waals surface area contributed by atoms with E-state index in [1.165, 1.54) is 29.2 Å². The molecule has 1 heterocycles. The molecule has 4 aromatic carbocycles. The van der Waals surface area contributed by atoms with Crippen LogP contribution in [0.25, 0.3) is 0 Å². The summed E-state index contributed by atoms with van der Waals surface area (Å²) < 4.78 is 10.5. The number of hydrogen-bond acceptors (Lipinski definition) is 7. The van der Waals surface area contributed by atoms with Crippen LogP contribution in [0.2, 0.25) is 0 Å². The van der Waals surface area contributed by atoms with Crippen molar-refractivity contribution in [2.24, 2.45) is 11.8 Å². The van der Waals surface area contributed by atoms with Crippen molar-refractivity contribution in [3.8, 4) is 5.75 Å². The molecule has 0 N–H and O–H groups in total. The number of hydrogen-bond donors (Lipinski definition) is 0. The maximum absolute atomic E-state index is 13.7. The average molecular weight is 628 g/mol. The zero-order valence-electron chi connectivity index (χ0n) is 25.7. The van der Waals surface area contributed by atoms with Crippen LogP contribution in [0.1, 0.15) is 80.5 Å². The summed E-state index contributed by atoms with van der Waals surface area (Å²) in [7, 11) is 0. The fraction of sp³-hybridized carbons (Fsp3) is 0.256. The third kappa shape index (κ3) is 5.65. The van der Waals surface area contributed by atoms with Crippen molar-refractivity contribution in [3.63, 3.8) is 0 Å². The molecule has 2 atom stereocenters. The average Bonchev–Trinajstić information content (AvgIpc) is 3.36. The van der Waals surface area contributed by atoms with Gasteiger partial charge in [-0.15, -0.1) is 0 Å². The Morgan fingerprint density at radius 1 is 0.596 bits per heavy atom. The molecule has 8 rings (SSSR count). The highest BCUT2D eigenvalue weighted by molar-refractivity contribution is 6.07. The molecule has 4 aliphatic rings. The number of carbonyl (C=O) groups excluding carboxylic acids is 5. The topological polar surface area (TPSA) is 107 Å². The second-order valence-corrected chi connectivity index (χ2v) is 12.3. The van der Waals surface area contributed by atoms with Crippen molar-refractivity contribution >= 4 is 29.5 Å². The highest BCUT2D eigenvalue weighted by Crippen LogP contribution is 2.60. The Labute approximate surface area is 272 Å². The first kappa shape index (κ1) is 30.3. The van der Waals surface area contributed by atoms with Crippen molar-refractivity contribution in [2.75, 3.05) is 13.2 Å². The standard InChI is InChI=1S/C39H33NO7/c41-31(24-18-20-26(21-19-24)47-39(45)25-11-3-1-4-12-25)23-46-32(42)17-5-2-10-22-40-37(43)35-33-27-13-6-7-14-28(27)34(36(35)38(40)44)30-16-9-8-15-29(30)33/h1,3-4,6-9,11-16,18-21,33-36H,2,5,10,17,22-23H2. The number of imide groups is 1. The second kappa shape index (κ2) is 12.8. The van der Waals surface area contributed by atoms with Crippen LogP contribution in [-0.2, 0) is 19.1 Å². The molecule has 0 radical (unpaired) electrons. The number of ether oxygens (including phenoxy) is 2. The number of unbranched alkanes of at least 4 members (excludes halogenated alkanes) is 2. The van der Waals surface area contributed by atoms with Gasteiger partial charge in [-0.1, -0.05) is 73.2 Å². The lowest BCUT2D eigenvalue weighted by atomic mass is 9.55. The van der Waals surface area contributed by atoms with E-state index in [2.05, 4.69) is 24.3 Å². The van der Waals surface area contributed by atoms with Gasteiger partial charge in [0.2, 0.25) is 11.8 Å². The van der Waals surface area contributed by atoms with Crippen LogP contribution in [0.3, 0.4) is 0 Å². The van der Waals surface area contributed by atoms with Gasteiger partial charge >= 0.3 is 11.9 Å². The maximum atomic E-state index is 13.7. The number of benzene rings is 4. The molecule has 0 spiro atoms. The number of rotatable bonds is 11. The van der Waals surface area contributed by atoms with E-state index in [1.807, 2.05) is 24.3 Å². The van der Waals surface area contributed by atoms with Crippen LogP contribution in [0.4, 0.5) is 0 Å². The molecule has 47 heavy (non-hydrogen) atoms. The fourth-order valence-corrected chi connectivity index (χ4v) is 7.43. The van der Waals surface area contributed by atoms with Gasteiger partial charge in [-0.3, -0.25) is 24.1 Å². The molecular weight excluding hydrogens is 594 g/mol. The number of likely N-dealkylation sites (tertiary alicyclic amines) is 1. The van der Waals surface area contributed by atoms with Gasteiger partial charge in [-0.25, -0.2) is 4.79 Å². The summed E-state index contributed by atoms with van der Waals surface area (Å²) in [5.41, 5.74) is 5.35. The Morgan fingerprint density at radius 2 is 1.13 bits per heavy atom. The first-order chi connectivity index (χ1) is 22.9. The van der Waals surface area contributed by atoms with Crippen molar-refractivity contribution in [2.45, 2.75) is 37.5 Å². The third-order valence-corrected chi connectivity index (χ3v) is 9.56. The Kier molecular flexibility index (Phi) is 8.24. The molecule has 0 aromatic heterocycles. The Hall–Kier alpha value is -5.37. The van der Waals surface area contributed by atoms with Gasteiger partial charge in [0.15, 0.2) is 12.4 Å². The molecule has 0 saturated carbocycles. The third-order valence-electron chi connectivity index (χ3n) is 9.56. The van der Waals surface area contributed by atoms with E-state index in [-0.39, 0.29) is 47.7 Å². The van der Waals surface area contributed by atoms with Crippen molar-refractivity contribution < 1.29 is 33.4 Å². The van der Waals surface area contributed by atoms with Crippen molar-refractivity contribution in [1.29, 1.82) is 0 Å². The number of carbonyl (C=O) groups is 5. The zero-order valence-corrected chi connectivity index (χ0v) is 25.7. The van der Waals surface area contributed by atoms with Crippen LogP contribution in [0.5, 0.6) is 5.75 Å². The van der Waals surface area contributed by atoms with E-state index < -0.39 is 18.5 Å². The molecule has 4 aromatic rings. The molecule has 8 nitrogen and oxygen atoms in total. The number of amides is 2. The number of nitrogens with zero attached hydrogens (tertiary/aromatic N) is 1. The molecule has 1 saturated heterocycles. The minimum Gasteiger partial charge on any atom is -0.457 e. The Morgan fingerprint density at radius 3 is 1.68 bits per heavy atom. The monoisotopic (exact) mass is 627 g/mol. The molecular formula is C39H33NO7. The zero-order chi connectivity index (χ0) is 32.5. The van der Waals surface area contributed by atoms with Gasteiger partial charge < -0.3 is 9.47 Å². The lowest BCUT2D eigenvalue weighted by Crippen LogP contribution is -2.41.